The molecule has 4 aliphatic rings. The lowest BCUT2D eigenvalue weighted by atomic mass is 9.96. The van der Waals surface area contributed by atoms with Gasteiger partial charge in [-0.15, -0.1) is 0 Å². The van der Waals surface area contributed by atoms with E-state index >= 15 is 0 Å². The lowest BCUT2D eigenvalue weighted by molar-refractivity contribution is -0.383. The van der Waals surface area contributed by atoms with Gasteiger partial charge in [0.15, 0.2) is 49.6 Å². The molecular weight excluding hydrogens is 1650 g/mol. The third-order valence-electron chi connectivity index (χ3n) is 10.8. The minimum atomic E-state index is -7.08. The number of ether oxygens (including phenoxy) is 7. The van der Waals surface area contributed by atoms with E-state index < -0.39 is 278 Å². The normalized spacial score (nSPS) is 33.4. The zero-order valence-corrected chi connectivity index (χ0v) is 54.7. The highest BCUT2D eigenvalue weighted by Crippen LogP contribution is 2.41. The fourth-order valence-electron chi connectivity index (χ4n) is 8.13. The van der Waals surface area contributed by atoms with Crippen molar-refractivity contribution in [1.29, 1.82) is 0 Å². The highest BCUT2D eigenvalue weighted by Gasteiger charge is 2.60. The predicted molar refractivity (Wildman–Crippen MR) is 244 cm³/mol. The van der Waals surface area contributed by atoms with Crippen LogP contribution in [0, 0.1) is 0 Å². The van der Waals surface area contributed by atoms with Gasteiger partial charge < -0.3 is 92.3 Å². The molecule has 0 radical (unpaired) electrons. The van der Waals surface area contributed by atoms with Crippen molar-refractivity contribution < 1.29 is 256 Å². The van der Waals surface area contributed by atoms with Crippen molar-refractivity contribution >= 4 is 135 Å². The molecule has 0 aromatic rings. The summed E-state index contributed by atoms with van der Waals surface area (Å²) in [5, 5.41) is 0. The van der Waals surface area contributed by atoms with Gasteiger partial charge in [0.05, 0.1) is 25.9 Å². The minimum Gasteiger partial charge on any atom is -0.726 e. The van der Waals surface area contributed by atoms with Gasteiger partial charge in [0.1, 0.15) is 67.1 Å². The van der Waals surface area contributed by atoms with Crippen molar-refractivity contribution in [3.05, 3.63) is 0 Å². The van der Waals surface area contributed by atoms with Crippen LogP contribution in [0.2, 0.25) is 0 Å². The fraction of sp³-hybridized carbons (Fsp3) is 1.00. The molecule has 0 spiro atoms. The predicted octanol–water partition coefficient (Wildman–Crippen LogP) is -15.4. The Bertz CT molecular complexity index is 4300. The van der Waals surface area contributed by atoms with E-state index in [9.17, 15) is 169 Å². The van der Waals surface area contributed by atoms with Gasteiger partial charge >= 0.3 is 0 Å². The van der Waals surface area contributed by atoms with Crippen LogP contribution >= 0.6 is 0 Å². The Morgan fingerprint density at radius 2 is 0.438 bits per heavy atom. The van der Waals surface area contributed by atoms with Gasteiger partial charge in [0.25, 0.3) is 0 Å². The molecule has 96 heavy (non-hydrogen) atoms. The summed E-state index contributed by atoms with van der Waals surface area (Å²) in [6.07, 6.45) is -73.1. The first-order chi connectivity index (χ1) is 42.5. The molecule has 4 saturated heterocycles. The Labute approximate surface area is 537 Å². The van der Waals surface area contributed by atoms with Crippen molar-refractivity contribution in [3.8, 4) is 0 Å². The molecule has 4 rings (SSSR count). The van der Waals surface area contributed by atoms with E-state index in [2.05, 4.69) is 54.4 Å². The lowest BCUT2D eigenvalue weighted by Crippen LogP contribution is -2.68. The van der Waals surface area contributed by atoms with Gasteiger partial charge in [-0.05, 0) is 6.92 Å². The Morgan fingerprint density at radius 3 is 0.719 bits per heavy atom. The van der Waals surface area contributed by atoms with Gasteiger partial charge in [0, 0.05) is 0 Å². The molecule has 4 fully saturated rings. The van der Waals surface area contributed by atoms with Gasteiger partial charge in [-0.3, -0.25) is 54.4 Å². The van der Waals surface area contributed by atoms with Gasteiger partial charge in [-0.2, -0.15) is 0 Å². The molecule has 0 amide bonds. The average molecular weight is 1680 g/mol. The number of hydrogen-bond donors (Lipinski definition) is 0. The maximum Gasteiger partial charge on any atom is 0.218 e. The fourth-order valence-corrected chi connectivity index (χ4v) is 14.1. The molecular formula is C24H29O59S13-13. The largest absolute Gasteiger partial charge is 0.726 e. The molecule has 0 bridgehead atoms. The molecule has 59 nitrogen and oxygen atoms in total. The molecule has 72 heteroatoms. The van der Waals surface area contributed by atoms with Crippen molar-refractivity contribution in [2.75, 3.05) is 19.8 Å². The first-order valence-electron chi connectivity index (χ1n) is 22.3. The van der Waals surface area contributed by atoms with E-state index in [0.29, 0.717) is 6.92 Å². The standard InChI is InChI=1S/C24H42O59S13/c1-5-9(73-86(31,32)33)13(76-89(40,41)42)17(80-93(52,53)54)21(67-5)64-2-6-11(74-87(34,35)36)15(78-91(46,47)48)19(82-95(58,59)60)22(68-6)71-10-7(3-65-84(25,26)27)69-23(18(81-94(55,56)57)14(10)77-90(43,44)45)72-24-20(83-96(61,62)63)16(79-92(49,50)51)12(75-88(37,38)39)8(70-24)4-66-85(28,29)30/h5-24H,2-4H2,1H3,(H,25,26,27)(H,28,29,30)(H,31,32,33)(H,34,35,36)(H,37,38,39)(H,40,41,42)(H,43,44,45)(H,46,47,48)(H,49,50,51)(H,52,53,54)(H,55,56,57)(H,58,59,60)(H,61,62,63)/p-13/t5-,6-,7-,8-,9-,10+,11+,12-,13-,14-,15-,16-,17+,18-,19-,20-,21+,22-,23+,24+/m0/s1. The van der Waals surface area contributed by atoms with Crippen LogP contribution in [0.15, 0.2) is 0 Å². The van der Waals surface area contributed by atoms with E-state index in [-0.39, 0.29) is 0 Å². The highest BCUT2D eigenvalue weighted by atomic mass is 32.3. The molecule has 0 unspecified atom stereocenters. The summed E-state index contributed by atoms with van der Waals surface area (Å²) >= 11 is 0. The molecule has 4 heterocycles. The first-order valence-corrected chi connectivity index (χ1v) is 39.7. The van der Waals surface area contributed by atoms with E-state index in [0.717, 1.165) is 0 Å². The van der Waals surface area contributed by atoms with Gasteiger partial charge in [-0.25, -0.2) is 109 Å². The first kappa shape index (κ1) is 86.4. The molecule has 4 aliphatic heterocycles. The van der Waals surface area contributed by atoms with E-state index in [1.165, 1.54) is 0 Å². The quantitative estimate of drug-likeness (QED) is 0.0420. The summed E-state index contributed by atoms with van der Waals surface area (Å²) in [6.45, 7) is -6.76. The number of hydrogen-bond acceptors (Lipinski definition) is 59. The molecule has 0 aromatic carbocycles. The second kappa shape index (κ2) is 31.2. The van der Waals surface area contributed by atoms with Crippen LogP contribution < -0.4 is 0 Å². The maximum atomic E-state index is 12.5. The van der Waals surface area contributed by atoms with Crippen molar-refractivity contribution in [2.45, 2.75) is 130 Å². The summed E-state index contributed by atoms with van der Waals surface area (Å²) in [5.74, 6) is 0. The van der Waals surface area contributed by atoms with Crippen LogP contribution in [-0.2, 0) is 223 Å². The molecule has 0 N–H and O–H groups in total. The molecule has 20 atom stereocenters. The summed E-state index contributed by atoms with van der Waals surface area (Å²) in [6, 6.07) is 0. The summed E-state index contributed by atoms with van der Waals surface area (Å²) in [4.78, 5) is 0. The van der Waals surface area contributed by atoms with E-state index in [4.69, 9.17) is 33.2 Å². The minimum absolute atomic E-state index is 0.439. The average Bonchev–Trinajstić information content (AvgIpc) is 0.766. The summed E-state index contributed by atoms with van der Waals surface area (Å²) in [7, 11) is -87.3. The third-order valence-corrected chi connectivity index (χ3v) is 16.6. The smallest absolute Gasteiger partial charge is 0.218 e. The Kier molecular flexibility index (Phi) is 28.1. The second-order valence-corrected chi connectivity index (χ2v) is 30.7. The van der Waals surface area contributed by atoms with Crippen LogP contribution in [-0.4, -0.2) is 311 Å². The van der Waals surface area contributed by atoms with Crippen molar-refractivity contribution in [1.82, 2.24) is 0 Å². The Balaban J connectivity index is 2.12. The highest BCUT2D eigenvalue weighted by molar-refractivity contribution is 7.83. The van der Waals surface area contributed by atoms with Crippen LogP contribution in [0.25, 0.3) is 0 Å². The second-order valence-electron chi connectivity index (χ2n) is 17.5. The van der Waals surface area contributed by atoms with Crippen molar-refractivity contribution in [2.24, 2.45) is 0 Å². The summed E-state index contributed by atoms with van der Waals surface area (Å²) in [5.41, 5.74) is 0. The Hall–Kier alpha value is -1.97. The Morgan fingerprint density at radius 1 is 0.229 bits per heavy atom. The molecule has 0 saturated carbocycles. The summed E-state index contributed by atoms with van der Waals surface area (Å²) < 4.78 is 555. The van der Waals surface area contributed by atoms with Gasteiger partial charge in [0.2, 0.25) is 135 Å². The molecule has 0 aromatic heterocycles. The molecule has 570 valence electrons. The number of rotatable bonds is 35. The zero-order valence-electron chi connectivity index (χ0n) is 44.1. The van der Waals surface area contributed by atoms with Crippen LogP contribution in [0.1, 0.15) is 6.92 Å². The topological polar surface area (TPSA) is 928 Å². The van der Waals surface area contributed by atoms with Crippen molar-refractivity contribution in [3.63, 3.8) is 0 Å². The maximum absolute atomic E-state index is 12.5. The monoisotopic (exact) mass is 1680 g/mol. The van der Waals surface area contributed by atoms with Crippen LogP contribution in [0.4, 0.5) is 0 Å². The van der Waals surface area contributed by atoms with E-state index in [1.54, 1.807) is 0 Å². The van der Waals surface area contributed by atoms with Crippen LogP contribution in [0.5, 0.6) is 0 Å². The van der Waals surface area contributed by atoms with Gasteiger partial charge in [-0.1, -0.05) is 0 Å². The zero-order chi connectivity index (χ0) is 74.3. The van der Waals surface area contributed by atoms with E-state index in [1.807, 2.05) is 0 Å². The molecule has 0 aliphatic carbocycles. The lowest BCUT2D eigenvalue weighted by Gasteiger charge is -2.51. The van der Waals surface area contributed by atoms with Crippen LogP contribution in [0.3, 0.4) is 0 Å². The SMILES string of the molecule is C[C@@H]1O[C@@H](OC[C@@H]2O[C@@H](O[C@H]3[C@H](OS(=O)(=O)[O-])[C@H](OS(=O)(=O)[O-])[C@@H](O[C@H]4O[C@@H](COS(=O)(=O)[O-])[C@H](OS(=O)(=O)[O-])[C@H](OS(=O)(=O)[O-])[C@@H]4OS(=O)(=O)[O-])O[C@H]3COS(=O)(=O)[O-])[C@@H](OS(=O)(=O)[O-])[C@@H](OS(=O)(=O)[O-])[C@@H]2OS(=O)(=O)[O-])[C@H](OS(=O)(=O)[O-])[C@@H](OS(=O)(=O)[O-])[C@H]1OS(=O)(=O)[O-]. The third kappa shape index (κ3) is 30.5.